The normalized spacial score (nSPS) is 14.9. The van der Waals surface area contributed by atoms with Gasteiger partial charge in [-0.1, -0.05) is 97.1 Å². The van der Waals surface area contributed by atoms with E-state index >= 15 is 0 Å². The highest BCUT2D eigenvalue weighted by Gasteiger charge is 2.32. The zero-order valence-electron chi connectivity index (χ0n) is 14.9. The fourth-order valence-corrected chi connectivity index (χ4v) is 3.72. The van der Waals surface area contributed by atoms with Crippen LogP contribution < -0.4 is 0 Å². The summed E-state index contributed by atoms with van der Waals surface area (Å²) in [5, 5.41) is 0. The van der Waals surface area contributed by atoms with Crippen molar-refractivity contribution < 1.29 is 9.59 Å². The number of carbonyl (C=O) groups is 2. The smallest absolute Gasteiger partial charge is 0.173 e. The number of Topliss-reactive ketones (excluding diaryl/α,β-unsaturated/α-hetero) is 2. The Morgan fingerprint density at radius 3 is 1.81 bits per heavy atom. The standard InChI is InChI=1S/C25H20O2/c26-24(19-10-3-1-4-11-19)23(25(27)20-12-5-2-6-13-20)17-21-16-15-18-9-7-8-14-22(18)21/h1-16,21,23H,17H2. The number of allylic oxidation sites excluding steroid dienone is 1. The van der Waals surface area contributed by atoms with Gasteiger partial charge in [0.2, 0.25) is 0 Å². The van der Waals surface area contributed by atoms with Gasteiger partial charge in [-0.25, -0.2) is 0 Å². The van der Waals surface area contributed by atoms with Crippen LogP contribution in [-0.4, -0.2) is 11.6 Å². The average Bonchev–Trinajstić information content (AvgIpc) is 3.15. The lowest BCUT2D eigenvalue weighted by Crippen LogP contribution is -2.26. The van der Waals surface area contributed by atoms with E-state index in [1.165, 1.54) is 11.1 Å². The molecule has 2 nitrogen and oxygen atoms in total. The molecule has 1 aliphatic carbocycles. The number of rotatable bonds is 6. The molecule has 27 heavy (non-hydrogen) atoms. The van der Waals surface area contributed by atoms with Gasteiger partial charge in [0.15, 0.2) is 11.6 Å². The van der Waals surface area contributed by atoms with Crippen LogP contribution >= 0.6 is 0 Å². The van der Waals surface area contributed by atoms with E-state index in [2.05, 4.69) is 24.3 Å². The predicted octanol–water partition coefficient (Wildman–Crippen LogP) is 5.57. The molecular formula is C25H20O2. The first-order chi connectivity index (χ1) is 13.2. The molecular weight excluding hydrogens is 332 g/mol. The van der Waals surface area contributed by atoms with Crippen LogP contribution in [-0.2, 0) is 0 Å². The molecule has 1 atom stereocenters. The average molecular weight is 352 g/mol. The van der Waals surface area contributed by atoms with Crippen LogP contribution in [0.15, 0.2) is 91.0 Å². The van der Waals surface area contributed by atoms with Gasteiger partial charge in [0.1, 0.15) is 0 Å². The molecule has 0 saturated carbocycles. The van der Waals surface area contributed by atoms with Gasteiger partial charge >= 0.3 is 0 Å². The Kier molecular flexibility index (Phi) is 4.80. The van der Waals surface area contributed by atoms with Crippen LogP contribution in [0.3, 0.4) is 0 Å². The molecule has 3 aromatic rings. The molecule has 2 heteroatoms. The lowest BCUT2D eigenvalue weighted by atomic mass is 9.81. The van der Waals surface area contributed by atoms with Crippen molar-refractivity contribution in [1.82, 2.24) is 0 Å². The minimum Gasteiger partial charge on any atom is -0.293 e. The summed E-state index contributed by atoms with van der Waals surface area (Å²) in [6, 6.07) is 26.4. The van der Waals surface area contributed by atoms with E-state index in [9.17, 15) is 9.59 Å². The van der Waals surface area contributed by atoms with Gasteiger partial charge in [-0.3, -0.25) is 9.59 Å². The maximum Gasteiger partial charge on any atom is 0.173 e. The summed E-state index contributed by atoms with van der Waals surface area (Å²) in [5.41, 5.74) is 3.52. The quantitative estimate of drug-likeness (QED) is 0.429. The largest absolute Gasteiger partial charge is 0.293 e. The van der Waals surface area contributed by atoms with Crippen molar-refractivity contribution in [3.8, 4) is 0 Å². The van der Waals surface area contributed by atoms with E-state index in [1.807, 2.05) is 48.5 Å². The summed E-state index contributed by atoms with van der Waals surface area (Å²) in [6.45, 7) is 0. The second-order valence-corrected chi connectivity index (χ2v) is 6.84. The van der Waals surface area contributed by atoms with Gasteiger partial charge in [0, 0.05) is 17.0 Å². The number of hydrogen-bond acceptors (Lipinski definition) is 2. The van der Waals surface area contributed by atoms with Gasteiger partial charge in [-0.2, -0.15) is 0 Å². The molecule has 0 aromatic heterocycles. The third kappa shape index (κ3) is 3.52. The highest BCUT2D eigenvalue weighted by atomic mass is 16.2. The van der Waals surface area contributed by atoms with Crippen molar-refractivity contribution in [2.24, 2.45) is 5.92 Å². The van der Waals surface area contributed by atoms with Crippen molar-refractivity contribution >= 4 is 17.6 Å². The lowest BCUT2D eigenvalue weighted by molar-refractivity contribution is 0.0796. The van der Waals surface area contributed by atoms with Crippen LogP contribution in [0.2, 0.25) is 0 Å². The first-order valence-electron chi connectivity index (χ1n) is 9.19. The van der Waals surface area contributed by atoms with Crippen LogP contribution in [0.5, 0.6) is 0 Å². The Morgan fingerprint density at radius 1 is 0.704 bits per heavy atom. The van der Waals surface area contributed by atoms with Crippen molar-refractivity contribution in [3.63, 3.8) is 0 Å². The van der Waals surface area contributed by atoms with E-state index in [0.717, 1.165) is 0 Å². The van der Waals surface area contributed by atoms with Gasteiger partial charge in [-0.15, -0.1) is 0 Å². The summed E-state index contributed by atoms with van der Waals surface area (Å²) in [4.78, 5) is 26.4. The fraction of sp³-hybridized carbons (Fsp3) is 0.120. The molecule has 0 amide bonds. The molecule has 0 fully saturated rings. The predicted molar refractivity (Wildman–Crippen MR) is 108 cm³/mol. The Morgan fingerprint density at radius 2 is 1.22 bits per heavy atom. The summed E-state index contributed by atoms with van der Waals surface area (Å²) in [6.07, 6.45) is 4.67. The number of fused-ring (bicyclic) bond motifs is 1. The molecule has 3 aromatic carbocycles. The summed E-state index contributed by atoms with van der Waals surface area (Å²) in [5.74, 6) is -0.841. The molecule has 1 aliphatic rings. The number of hydrogen-bond donors (Lipinski definition) is 0. The zero-order valence-corrected chi connectivity index (χ0v) is 14.9. The van der Waals surface area contributed by atoms with Crippen molar-refractivity contribution in [2.75, 3.05) is 0 Å². The van der Waals surface area contributed by atoms with Crippen LogP contribution in [0.4, 0.5) is 0 Å². The highest BCUT2D eigenvalue weighted by molar-refractivity contribution is 6.16. The number of ketones is 2. The molecule has 0 radical (unpaired) electrons. The SMILES string of the molecule is O=C(c1ccccc1)C(CC1C=Cc2ccccc21)C(=O)c1ccccc1. The van der Waals surface area contributed by atoms with E-state index in [-0.39, 0.29) is 17.5 Å². The lowest BCUT2D eigenvalue weighted by Gasteiger charge is -2.19. The molecule has 4 rings (SSSR count). The Hall–Kier alpha value is -3.26. The molecule has 0 bridgehead atoms. The Labute approximate surface area is 159 Å². The van der Waals surface area contributed by atoms with Crippen LogP contribution in [0.25, 0.3) is 6.08 Å². The second-order valence-electron chi connectivity index (χ2n) is 6.84. The molecule has 0 N–H and O–H groups in total. The van der Waals surface area contributed by atoms with E-state index < -0.39 is 5.92 Å². The van der Waals surface area contributed by atoms with Gasteiger partial charge < -0.3 is 0 Å². The molecule has 0 heterocycles. The molecule has 0 spiro atoms. The highest BCUT2D eigenvalue weighted by Crippen LogP contribution is 2.36. The molecule has 0 aliphatic heterocycles. The summed E-state index contributed by atoms with van der Waals surface area (Å²) < 4.78 is 0. The fourth-order valence-electron chi connectivity index (χ4n) is 3.72. The monoisotopic (exact) mass is 352 g/mol. The van der Waals surface area contributed by atoms with Crippen LogP contribution in [0, 0.1) is 5.92 Å². The summed E-state index contributed by atoms with van der Waals surface area (Å²) >= 11 is 0. The zero-order chi connectivity index (χ0) is 18.6. The van der Waals surface area contributed by atoms with E-state index in [0.29, 0.717) is 17.5 Å². The molecule has 1 unspecified atom stereocenters. The van der Waals surface area contributed by atoms with Crippen molar-refractivity contribution in [2.45, 2.75) is 12.3 Å². The van der Waals surface area contributed by atoms with E-state index in [1.54, 1.807) is 24.3 Å². The number of benzene rings is 3. The number of carbonyl (C=O) groups excluding carboxylic acids is 2. The first-order valence-corrected chi connectivity index (χ1v) is 9.19. The maximum atomic E-state index is 13.2. The topological polar surface area (TPSA) is 34.1 Å². The summed E-state index contributed by atoms with van der Waals surface area (Å²) in [7, 11) is 0. The van der Waals surface area contributed by atoms with Gasteiger partial charge in [0.25, 0.3) is 0 Å². The Balaban J connectivity index is 1.67. The van der Waals surface area contributed by atoms with E-state index in [4.69, 9.17) is 0 Å². The third-order valence-corrected chi connectivity index (χ3v) is 5.14. The second kappa shape index (κ2) is 7.55. The maximum absolute atomic E-state index is 13.2. The minimum absolute atomic E-state index is 0.0755. The van der Waals surface area contributed by atoms with Crippen LogP contribution in [0.1, 0.15) is 44.2 Å². The van der Waals surface area contributed by atoms with Crippen molar-refractivity contribution in [1.29, 1.82) is 0 Å². The third-order valence-electron chi connectivity index (χ3n) is 5.14. The van der Waals surface area contributed by atoms with Gasteiger partial charge in [0.05, 0.1) is 5.92 Å². The molecule has 132 valence electrons. The Bertz CT molecular complexity index is 936. The molecule has 0 saturated heterocycles. The first kappa shape index (κ1) is 17.2. The minimum atomic E-state index is -0.699. The van der Waals surface area contributed by atoms with Crippen molar-refractivity contribution in [3.05, 3.63) is 113 Å². The van der Waals surface area contributed by atoms with Gasteiger partial charge in [-0.05, 0) is 17.5 Å².